The van der Waals surface area contributed by atoms with Crippen LogP contribution in [0.25, 0.3) is 0 Å². The Kier molecular flexibility index (Phi) is 6.11. The van der Waals surface area contributed by atoms with E-state index in [2.05, 4.69) is 6.92 Å². The summed E-state index contributed by atoms with van der Waals surface area (Å²) >= 11 is 0. The van der Waals surface area contributed by atoms with Crippen molar-refractivity contribution in [2.75, 3.05) is 20.0 Å². The highest BCUT2D eigenvalue weighted by molar-refractivity contribution is 5.32. The number of carboxylic acid groups (broad SMARTS) is 1. The highest BCUT2D eigenvalue weighted by Crippen LogP contribution is 2.01. The maximum absolute atomic E-state index is 8.36. The second-order valence-corrected chi connectivity index (χ2v) is 2.07. The summed E-state index contributed by atoms with van der Waals surface area (Å²) in [7, 11) is 0. The van der Waals surface area contributed by atoms with E-state index >= 15 is 0 Å². The van der Waals surface area contributed by atoms with Gasteiger partial charge in [-0.15, -0.1) is 0 Å². The fourth-order valence-electron chi connectivity index (χ4n) is 0.606. The van der Waals surface area contributed by atoms with Gasteiger partial charge < -0.3 is 14.6 Å². The molecule has 0 atom stereocenters. The molecule has 1 aliphatic rings. The maximum Gasteiger partial charge on any atom is 0.290 e. The van der Waals surface area contributed by atoms with Crippen molar-refractivity contribution in [3.63, 3.8) is 0 Å². The van der Waals surface area contributed by atoms with Crippen molar-refractivity contribution in [2.45, 2.75) is 6.92 Å². The third-order valence-electron chi connectivity index (χ3n) is 0.971. The first-order valence-electron chi connectivity index (χ1n) is 3.04. The Bertz CT molecular complexity index is 77.8. The van der Waals surface area contributed by atoms with E-state index in [1.807, 2.05) is 0 Å². The summed E-state index contributed by atoms with van der Waals surface area (Å²) in [4.78, 5) is 8.36. The average molecular weight is 148 g/mol. The Balaban J connectivity index is 0.000000236. The molecule has 60 valence electrons. The minimum atomic E-state index is -0.250. The lowest BCUT2D eigenvalue weighted by atomic mass is 10.2. The second-order valence-electron chi connectivity index (χ2n) is 2.07. The summed E-state index contributed by atoms with van der Waals surface area (Å²) < 4.78 is 9.92. The number of hydrogen-bond acceptors (Lipinski definition) is 3. The fraction of sp³-hybridized carbons (Fsp3) is 0.833. The first-order valence-corrected chi connectivity index (χ1v) is 3.04. The van der Waals surface area contributed by atoms with Gasteiger partial charge in [0.25, 0.3) is 6.47 Å². The molecule has 1 fully saturated rings. The molecule has 1 aliphatic heterocycles. The largest absolute Gasteiger partial charge is 0.483 e. The summed E-state index contributed by atoms with van der Waals surface area (Å²) in [5.41, 5.74) is 0. The minimum Gasteiger partial charge on any atom is -0.483 e. The highest BCUT2D eigenvalue weighted by atomic mass is 16.7. The molecule has 0 aliphatic carbocycles. The third-order valence-corrected chi connectivity index (χ3v) is 0.971. The van der Waals surface area contributed by atoms with Gasteiger partial charge in [0.15, 0.2) is 0 Å². The van der Waals surface area contributed by atoms with Gasteiger partial charge in [0.05, 0.1) is 13.2 Å². The number of hydrogen-bond donors (Lipinski definition) is 1. The van der Waals surface area contributed by atoms with Crippen LogP contribution in [-0.4, -0.2) is 31.6 Å². The van der Waals surface area contributed by atoms with Gasteiger partial charge in [-0.3, -0.25) is 4.79 Å². The van der Waals surface area contributed by atoms with Crippen LogP contribution in [-0.2, 0) is 14.3 Å². The first kappa shape index (κ1) is 9.39. The molecule has 1 N–H and O–H groups in total. The van der Waals surface area contributed by atoms with Gasteiger partial charge in [0.1, 0.15) is 6.79 Å². The van der Waals surface area contributed by atoms with Crippen LogP contribution in [0.4, 0.5) is 0 Å². The van der Waals surface area contributed by atoms with Gasteiger partial charge in [0.2, 0.25) is 0 Å². The lowest BCUT2D eigenvalue weighted by molar-refractivity contribution is -0.122. The summed E-state index contributed by atoms with van der Waals surface area (Å²) in [6, 6.07) is 0. The predicted octanol–water partition coefficient (Wildman–Crippen LogP) is 0.328. The van der Waals surface area contributed by atoms with Gasteiger partial charge in [-0.25, -0.2) is 0 Å². The van der Waals surface area contributed by atoms with E-state index in [9.17, 15) is 0 Å². The lowest BCUT2D eigenvalue weighted by Gasteiger charge is -2.17. The van der Waals surface area contributed by atoms with Crippen LogP contribution in [0.2, 0.25) is 0 Å². The van der Waals surface area contributed by atoms with Crippen LogP contribution in [0, 0.1) is 5.92 Å². The molecule has 0 aromatic carbocycles. The number of carbonyl (C=O) groups is 1. The molecule has 0 bridgehead atoms. The fourth-order valence-corrected chi connectivity index (χ4v) is 0.606. The molecule has 4 heteroatoms. The Labute approximate surface area is 59.7 Å². The van der Waals surface area contributed by atoms with E-state index in [1.165, 1.54) is 0 Å². The van der Waals surface area contributed by atoms with E-state index in [-0.39, 0.29) is 6.47 Å². The van der Waals surface area contributed by atoms with Gasteiger partial charge in [-0.1, -0.05) is 6.92 Å². The normalized spacial score (nSPS) is 18.9. The van der Waals surface area contributed by atoms with Crippen LogP contribution in [0.15, 0.2) is 0 Å². The van der Waals surface area contributed by atoms with Gasteiger partial charge in [-0.2, -0.15) is 0 Å². The maximum atomic E-state index is 8.36. The van der Waals surface area contributed by atoms with Crippen LogP contribution in [0.1, 0.15) is 6.92 Å². The van der Waals surface area contributed by atoms with Crippen LogP contribution >= 0.6 is 0 Å². The molecule has 10 heavy (non-hydrogen) atoms. The Morgan fingerprint density at radius 1 is 1.50 bits per heavy atom. The zero-order valence-corrected chi connectivity index (χ0v) is 5.95. The van der Waals surface area contributed by atoms with E-state index < -0.39 is 0 Å². The van der Waals surface area contributed by atoms with Gasteiger partial charge in [-0.05, 0) is 0 Å². The van der Waals surface area contributed by atoms with Crippen molar-refractivity contribution < 1.29 is 19.4 Å². The summed E-state index contributed by atoms with van der Waals surface area (Å²) in [5.74, 6) is 0.591. The van der Waals surface area contributed by atoms with Crippen molar-refractivity contribution in [3.05, 3.63) is 0 Å². The monoisotopic (exact) mass is 148 g/mol. The molecule has 0 saturated carbocycles. The SMILES string of the molecule is CC1COCOC1.O=CO. The predicted molar refractivity (Wildman–Crippen MR) is 34.6 cm³/mol. The van der Waals surface area contributed by atoms with Crippen LogP contribution in [0.3, 0.4) is 0 Å². The standard InChI is InChI=1S/C5H10O2.CH2O2/c1-5-2-6-4-7-3-5;2-1-3/h5H,2-4H2,1H3;1H,(H,2,3). The smallest absolute Gasteiger partial charge is 0.290 e. The lowest BCUT2D eigenvalue weighted by Crippen LogP contribution is -2.20. The van der Waals surface area contributed by atoms with Crippen molar-refractivity contribution in [3.8, 4) is 0 Å². The van der Waals surface area contributed by atoms with E-state index in [1.54, 1.807) is 0 Å². The summed E-state index contributed by atoms with van der Waals surface area (Å²) in [6.45, 7) is 4.07. The van der Waals surface area contributed by atoms with Crippen LogP contribution < -0.4 is 0 Å². The number of ether oxygens (including phenoxy) is 2. The number of rotatable bonds is 0. The van der Waals surface area contributed by atoms with E-state index in [4.69, 9.17) is 19.4 Å². The van der Waals surface area contributed by atoms with Gasteiger partial charge >= 0.3 is 0 Å². The Morgan fingerprint density at radius 3 is 2.10 bits per heavy atom. The molecule has 0 amide bonds. The zero-order chi connectivity index (χ0) is 7.82. The molecule has 4 nitrogen and oxygen atoms in total. The minimum absolute atomic E-state index is 0.250. The summed E-state index contributed by atoms with van der Waals surface area (Å²) in [5, 5.41) is 6.89. The molecule has 0 aromatic heterocycles. The molecular formula is C6H12O4. The second kappa shape index (κ2) is 6.51. The topological polar surface area (TPSA) is 55.8 Å². The van der Waals surface area contributed by atoms with Crippen molar-refractivity contribution in [2.24, 2.45) is 5.92 Å². The molecular weight excluding hydrogens is 136 g/mol. The Morgan fingerprint density at radius 2 is 1.90 bits per heavy atom. The zero-order valence-electron chi connectivity index (χ0n) is 5.95. The van der Waals surface area contributed by atoms with Crippen molar-refractivity contribution >= 4 is 6.47 Å². The third kappa shape index (κ3) is 5.53. The highest BCUT2D eigenvalue weighted by Gasteiger charge is 2.06. The van der Waals surface area contributed by atoms with Gasteiger partial charge in [0, 0.05) is 5.92 Å². The van der Waals surface area contributed by atoms with E-state index in [0.717, 1.165) is 13.2 Å². The van der Waals surface area contributed by atoms with Crippen molar-refractivity contribution in [1.82, 2.24) is 0 Å². The molecule has 1 rings (SSSR count). The molecule has 0 spiro atoms. The van der Waals surface area contributed by atoms with Crippen LogP contribution in [0.5, 0.6) is 0 Å². The molecule has 0 unspecified atom stereocenters. The Hall–Kier alpha value is -0.610. The molecule has 0 aromatic rings. The molecule has 0 radical (unpaired) electrons. The molecule has 1 saturated heterocycles. The summed E-state index contributed by atoms with van der Waals surface area (Å²) in [6.07, 6.45) is 0. The average Bonchev–Trinajstić information content (AvgIpc) is 1.91. The van der Waals surface area contributed by atoms with E-state index in [0.29, 0.717) is 12.7 Å². The first-order chi connectivity index (χ1) is 4.81. The van der Waals surface area contributed by atoms with Crippen molar-refractivity contribution in [1.29, 1.82) is 0 Å². The quantitative estimate of drug-likeness (QED) is 0.503. The molecule has 1 heterocycles.